The van der Waals surface area contributed by atoms with Crippen molar-refractivity contribution in [1.29, 1.82) is 0 Å². The van der Waals surface area contributed by atoms with E-state index >= 15 is 0 Å². The van der Waals surface area contributed by atoms with Gasteiger partial charge in [0.25, 0.3) is 5.91 Å². The second-order valence-corrected chi connectivity index (χ2v) is 5.71. The Kier molecular flexibility index (Phi) is 3.41. The highest BCUT2D eigenvalue weighted by atomic mass is 16.2. The molecule has 3 rings (SSSR count). The van der Waals surface area contributed by atoms with Crippen molar-refractivity contribution in [2.24, 2.45) is 10.9 Å². The van der Waals surface area contributed by atoms with Crippen LogP contribution in [0.1, 0.15) is 47.9 Å². The van der Waals surface area contributed by atoms with Gasteiger partial charge in [-0.1, -0.05) is 12.1 Å². The first kappa shape index (κ1) is 13.7. The summed E-state index contributed by atoms with van der Waals surface area (Å²) < 4.78 is 2.12. The number of amides is 1. The van der Waals surface area contributed by atoms with Gasteiger partial charge in [0, 0.05) is 16.9 Å². The van der Waals surface area contributed by atoms with Crippen LogP contribution < -0.4 is 11.2 Å². The molecule has 1 aromatic heterocycles. The average molecular weight is 284 g/mol. The number of aromatic nitrogens is 1. The lowest BCUT2D eigenvalue weighted by Crippen LogP contribution is -2.27. The number of nitrogens with two attached hydrogens (primary N) is 1. The zero-order valence-electron chi connectivity index (χ0n) is 12.4. The molecule has 0 fully saturated rings. The summed E-state index contributed by atoms with van der Waals surface area (Å²) in [6.07, 6.45) is 4.34. The summed E-state index contributed by atoms with van der Waals surface area (Å²) >= 11 is 0. The first-order chi connectivity index (χ1) is 10.1. The van der Waals surface area contributed by atoms with Crippen LogP contribution in [0.5, 0.6) is 0 Å². The topological polar surface area (TPSA) is 72.4 Å². The van der Waals surface area contributed by atoms with Crippen LogP contribution in [0.3, 0.4) is 0 Å². The van der Waals surface area contributed by atoms with E-state index < -0.39 is 0 Å². The SMILES string of the molecule is CC(C)n1c(C(=O)NC=NN)c2c3c(cccc31)CCC2. The van der Waals surface area contributed by atoms with Crippen LogP contribution >= 0.6 is 0 Å². The predicted octanol–water partition coefficient (Wildman–Crippen LogP) is 2.34. The molecule has 0 unspecified atom stereocenters. The van der Waals surface area contributed by atoms with Crippen molar-refractivity contribution < 1.29 is 4.79 Å². The highest BCUT2D eigenvalue weighted by Gasteiger charge is 2.26. The van der Waals surface area contributed by atoms with Crippen LogP contribution in [0.15, 0.2) is 23.3 Å². The van der Waals surface area contributed by atoms with Gasteiger partial charge in [0.1, 0.15) is 12.0 Å². The zero-order chi connectivity index (χ0) is 15.0. The molecular formula is C16H20N4O. The molecule has 0 aliphatic heterocycles. The van der Waals surface area contributed by atoms with Gasteiger partial charge in [0.05, 0.1) is 0 Å². The number of hydrogen-bond donors (Lipinski definition) is 2. The van der Waals surface area contributed by atoms with E-state index in [0.717, 1.165) is 36.0 Å². The number of carbonyl (C=O) groups is 1. The molecular weight excluding hydrogens is 264 g/mol. The lowest BCUT2D eigenvalue weighted by Gasteiger charge is -2.14. The van der Waals surface area contributed by atoms with E-state index in [1.807, 2.05) is 0 Å². The fourth-order valence-electron chi connectivity index (χ4n) is 3.37. The Morgan fingerprint density at radius 2 is 2.24 bits per heavy atom. The molecule has 1 heterocycles. The lowest BCUT2D eigenvalue weighted by molar-refractivity contribution is 0.0967. The number of nitrogens with one attached hydrogen (secondary N) is 1. The summed E-state index contributed by atoms with van der Waals surface area (Å²) in [5, 5.41) is 7.25. The van der Waals surface area contributed by atoms with Gasteiger partial charge in [0.15, 0.2) is 0 Å². The fraction of sp³-hybridized carbons (Fsp3) is 0.375. The molecule has 0 saturated carbocycles. The summed E-state index contributed by atoms with van der Waals surface area (Å²) in [5.74, 6) is 4.94. The number of hydrazone groups is 1. The van der Waals surface area contributed by atoms with Gasteiger partial charge in [-0.25, -0.2) is 0 Å². The van der Waals surface area contributed by atoms with Gasteiger partial charge in [0.2, 0.25) is 0 Å². The Labute approximate surface area is 123 Å². The van der Waals surface area contributed by atoms with Gasteiger partial charge in [-0.2, -0.15) is 5.10 Å². The molecule has 1 aliphatic rings. The van der Waals surface area contributed by atoms with Gasteiger partial charge in [-0.3, -0.25) is 4.79 Å². The summed E-state index contributed by atoms with van der Waals surface area (Å²) in [4.78, 5) is 12.5. The minimum atomic E-state index is -0.142. The van der Waals surface area contributed by atoms with E-state index in [1.54, 1.807) is 0 Å². The van der Waals surface area contributed by atoms with Crippen molar-refractivity contribution in [2.45, 2.75) is 39.2 Å². The Balaban J connectivity index is 2.29. The highest BCUT2D eigenvalue weighted by molar-refractivity contribution is 6.06. The minimum Gasteiger partial charge on any atom is -0.334 e. The molecule has 3 N–H and O–H groups in total. The van der Waals surface area contributed by atoms with Crippen molar-refractivity contribution in [3.05, 3.63) is 35.0 Å². The van der Waals surface area contributed by atoms with Gasteiger partial charge >= 0.3 is 0 Å². The maximum absolute atomic E-state index is 12.5. The first-order valence-corrected chi connectivity index (χ1v) is 7.32. The number of carbonyl (C=O) groups excluding carboxylic acids is 1. The van der Waals surface area contributed by atoms with Crippen molar-refractivity contribution in [2.75, 3.05) is 0 Å². The smallest absolute Gasteiger partial charge is 0.273 e. The fourth-order valence-corrected chi connectivity index (χ4v) is 3.37. The van der Waals surface area contributed by atoms with E-state index in [9.17, 15) is 4.79 Å². The van der Waals surface area contributed by atoms with Crippen molar-refractivity contribution >= 4 is 23.1 Å². The number of hydrogen-bond acceptors (Lipinski definition) is 3. The van der Waals surface area contributed by atoms with Gasteiger partial charge in [-0.05, 0) is 50.3 Å². The molecule has 0 bridgehead atoms. The predicted molar refractivity (Wildman–Crippen MR) is 84.5 cm³/mol. The Morgan fingerprint density at radius 1 is 1.43 bits per heavy atom. The van der Waals surface area contributed by atoms with E-state index in [-0.39, 0.29) is 11.9 Å². The van der Waals surface area contributed by atoms with Gasteiger partial charge in [-0.15, -0.1) is 0 Å². The van der Waals surface area contributed by atoms with E-state index in [0.29, 0.717) is 0 Å². The second-order valence-electron chi connectivity index (χ2n) is 5.71. The summed E-state index contributed by atoms with van der Waals surface area (Å²) in [5.41, 5.74) is 4.39. The largest absolute Gasteiger partial charge is 0.334 e. The third-order valence-corrected chi connectivity index (χ3v) is 4.09. The molecule has 0 saturated heterocycles. The third-order valence-electron chi connectivity index (χ3n) is 4.09. The molecule has 5 heteroatoms. The average Bonchev–Trinajstić information content (AvgIpc) is 2.82. The molecule has 1 aliphatic carbocycles. The first-order valence-electron chi connectivity index (χ1n) is 7.32. The maximum atomic E-state index is 12.5. The zero-order valence-corrected chi connectivity index (χ0v) is 12.4. The summed E-state index contributed by atoms with van der Waals surface area (Å²) in [7, 11) is 0. The highest BCUT2D eigenvalue weighted by Crippen LogP contribution is 2.36. The number of benzene rings is 1. The maximum Gasteiger partial charge on any atom is 0.273 e. The number of aryl methyl sites for hydroxylation is 2. The monoisotopic (exact) mass is 284 g/mol. The van der Waals surface area contributed by atoms with Crippen LogP contribution in [0.2, 0.25) is 0 Å². The van der Waals surface area contributed by atoms with Crippen LogP contribution in [-0.4, -0.2) is 16.8 Å². The second kappa shape index (κ2) is 5.24. The van der Waals surface area contributed by atoms with E-state index in [4.69, 9.17) is 5.84 Å². The molecule has 21 heavy (non-hydrogen) atoms. The number of nitrogens with zero attached hydrogens (tertiary/aromatic N) is 2. The van der Waals surface area contributed by atoms with Crippen LogP contribution in [0.25, 0.3) is 10.9 Å². The Morgan fingerprint density at radius 3 is 2.95 bits per heavy atom. The molecule has 5 nitrogen and oxygen atoms in total. The van der Waals surface area contributed by atoms with Crippen LogP contribution in [-0.2, 0) is 12.8 Å². The van der Waals surface area contributed by atoms with Crippen LogP contribution in [0, 0.1) is 0 Å². The van der Waals surface area contributed by atoms with Crippen molar-refractivity contribution in [1.82, 2.24) is 9.88 Å². The van der Waals surface area contributed by atoms with E-state index in [2.05, 4.69) is 47.0 Å². The Hall–Kier alpha value is -2.30. The normalized spacial score (nSPS) is 14.2. The molecule has 0 radical (unpaired) electrons. The molecule has 0 atom stereocenters. The summed E-state index contributed by atoms with van der Waals surface area (Å²) in [6.45, 7) is 4.20. The quantitative estimate of drug-likeness (QED) is 0.393. The standard InChI is InChI=1S/C16H20N4O/c1-10(2)20-13-8-4-6-11-5-3-7-12(14(11)13)15(20)16(21)18-9-19-17/h4,6,8-10H,3,5,7,17H2,1-2H3,(H,18,19,21). The molecule has 2 aromatic rings. The van der Waals surface area contributed by atoms with Crippen molar-refractivity contribution in [3.8, 4) is 0 Å². The van der Waals surface area contributed by atoms with Crippen LogP contribution in [0.4, 0.5) is 0 Å². The molecule has 1 amide bonds. The molecule has 0 spiro atoms. The number of rotatable bonds is 3. The lowest BCUT2D eigenvalue weighted by atomic mass is 9.91. The molecule has 110 valence electrons. The van der Waals surface area contributed by atoms with Gasteiger partial charge < -0.3 is 15.7 Å². The minimum absolute atomic E-state index is 0.142. The summed E-state index contributed by atoms with van der Waals surface area (Å²) in [6, 6.07) is 6.56. The molecule has 1 aromatic carbocycles. The van der Waals surface area contributed by atoms with E-state index in [1.165, 1.54) is 17.3 Å². The third kappa shape index (κ3) is 2.09. The Bertz CT molecular complexity index is 727. The van der Waals surface area contributed by atoms with Crippen molar-refractivity contribution in [3.63, 3.8) is 0 Å².